The number of benzene rings is 1. The molecule has 0 aliphatic rings. The maximum absolute atomic E-state index is 13.2. The number of carbonyl (C=O) groups is 1. The zero-order valence-corrected chi connectivity index (χ0v) is 21.0. The second-order valence-corrected chi connectivity index (χ2v) is 7.89. The molecule has 0 saturated heterocycles. The number of nitrogens with zero attached hydrogens (tertiary/aromatic N) is 2. The highest BCUT2D eigenvalue weighted by atomic mass is 32.2. The van der Waals surface area contributed by atoms with E-state index < -0.39 is 10.0 Å². The number of allylic oxidation sites excluding steroid dienone is 2. The SMILES string of the molecule is C=C/C=C(\N=CC)c1cc(C(C)=O)n2cccc(S(=O)(=O)Nc3ccccc3)c12.CC.CC. The summed E-state index contributed by atoms with van der Waals surface area (Å²) in [4.78, 5) is 16.6. The number of nitrogens with one attached hydrogen (secondary N) is 1. The zero-order valence-electron chi connectivity index (χ0n) is 20.2. The summed E-state index contributed by atoms with van der Waals surface area (Å²) in [5.41, 5.74) is 2.23. The highest BCUT2D eigenvalue weighted by molar-refractivity contribution is 7.93. The van der Waals surface area contributed by atoms with Gasteiger partial charge in [-0.2, -0.15) is 0 Å². The molecule has 6 nitrogen and oxygen atoms in total. The van der Waals surface area contributed by atoms with E-state index in [-0.39, 0.29) is 10.7 Å². The second kappa shape index (κ2) is 13.2. The van der Waals surface area contributed by atoms with Gasteiger partial charge < -0.3 is 4.40 Å². The molecule has 1 aromatic carbocycles. The van der Waals surface area contributed by atoms with Gasteiger partial charge in [0.1, 0.15) is 4.90 Å². The van der Waals surface area contributed by atoms with Gasteiger partial charge in [0.05, 0.1) is 16.9 Å². The van der Waals surface area contributed by atoms with Crippen molar-refractivity contribution >= 4 is 38.9 Å². The summed E-state index contributed by atoms with van der Waals surface area (Å²) >= 11 is 0. The summed E-state index contributed by atoms with van der Waals surface area (Å²) in [6.45, 7) is 14.9. The summed E-state index contributed by atoms with van der Waals surface area (Å²) in [6.07, 6.45) is 6.51. The topological polar surface area (TPSA) is 80.0 Å². The van der Waals surface area contributed by atoms with Gasteiger partial charge >= 0.3 is 0 Å². The first-order valence-electron chi connectivity index (χ1n) is 10.9. The molecule has 7 heteroatoms. The average molecular weight is 468 g/mol. The number of sulfonamides is 1. The highest BCUT2D eigenvalue weighted by Crippen LogP contribution is 2.31. The van der Waals surface area contributed by atoms with Crippen molar-refractivity contribution in [2.45, 2.75) is 46.4 Å². The predicted molar refractivity (Wildman–Crippen MR) is 140 cm³/mol. The summed E-state index contributed by atoms with van der Waals surface area (Å²) in [6, 6.07) is 13.4. The number of hydrogen-bond donors (Lipinski definition) is 1. The van der Waals surface area contributed by atoms with Gasteiger partial charge in [-0.15, -0.1) is 0 Å². The van der Waals surface area contributed by atoms with Crippen molar-refractivity contribution in [2.24, 2.45) is 4.99 Å². The van der Waals surface area contributed by atoms with E-state index in [0.717, 1.165) is 0 Å². The Morgan fingerprint density at radius 3 is 2.24 bits per heavy atom. The lowest BCUT2D eigenvalue weighted by atomic mass is 10.1. The van der Waals surface area contributed by atoms with Crippen LogP contribution in [0, 0.1) is 0 Å². The molecule has 0 saturated carbocycles. The van der Waals surface area contributed by atoms with E-state index in [4.69, 9.17) is 0 Å². The monoisotopic (exact) mass is 467 g/mol. The molecule has 0 bridgehead atoms. The minimum atomic E-state index is -3.93. The third-order valence-electron chi connectivity index (χ3n) is 4.25. The van der Waals surface area contributed by atoms with E-state index in [1.807, 2.05) is 27.7 Å². The largest absolute Gasteiger partial charge is 0.312 e. The minimum Gasteiger partial charge on any atom is -0.312 e. The van der Waals surface area contributed by atoms with Crippen LogP contribution in [-0.2, 0) is 10.0 Å². The van der Waals surface area contributed by atoms with Crippen LogP contribution in [-0.4, -0.2) is 24.8 Å². The van der Waals surface area contributed by atoms with Gasteiger partial charge in [-0.05, 0) is 43.3 Å². The van der Waals surface area contributed by atoms with Gasteiger partial charge in [-0.25, -0.2) is 8.42 Å². The van der Waals surface area contributed by atoms with Crippen molar-refractivity contribution in [3.05, 3.63) is 84.7 Å². The first-order valence-corrected chi connectivity index (χ1v) is 12.4. The summed E-state index contributed by atoms with van der Waals surface area (Å²) in [5.74, 6) is -0.185. The first kappa shape index (κ1) is 27.6. The van der Waals surface area contributed by atoms with Crippen LogP contribution in [0.5, 0.6) is 0 Å². The lowest BCUT2D eigenvalue weighted by Gasteiger charge is -2.11. The van der Waals surface area contributed by atoms with Crippen LogP contribution in [0.25, 0.3) is 11.2 Å². The number of para-hydroxylation sites is 1. The maximum Gasteiger partial charge on any atom is 0.264 e. The Morgan fingerprint density at radius 1 is 1.06 bits per heavy atom. The lowest BCUT2D eigenvalue weighted by molar-refractivity contribution is 0.101. The van der Waals surface area contributed by atoms with E-state index in [2.05, 4.69) is 16.3 Å². The molecule has 3 aromatic rings. The van der Waals surface area contributed by atoms with Crippen molar-refractivity contribution in [1.29, 1.82) is 0 Å². The Labute approximate surface area is 197 Å². The maximum atomic E-state index is 13.2. The standard InChI is InChI=1S/C22H21N3O3S.2C2H6/c1-4-10-19(23-5-2)18-15-20(16(3)26)25-14-9-13-21(22(18)25)29(27,28)24-17-11-7-6-8-12-17;2*1-2/h4-15,24H,1H2,2-3H3;2*1-2H3/b19-10-,23-5?;;. The minimum absolute atomic E-state index is 0.0487. The van der Waals surface area contributed by atoms with Crippen molar-refractivity contribution in [3.63, 3.8) is 0 Å². The lowest BCUT2D eigenvalue weighted by Crippen LogP contribution is -2.14. The Kier molecular flexibility index (Phi) is 11.0. The van der Waals surface area contributed by atoms with Gasteiger partial charge in [0.2, 0.25) is 0 Å². The van der Waals surface area contributed by atoms with Crippen molar-refractivity contribution in [1.82, 2.24) is 4.40 Å². The van der Waals surface area contributed by atoms with E-state index in [1.165, 1.54) is 13.0 Å². The van der Waals surface area contributed by atoms with Crippen LogP contribution in [0.2, 0.25) is 0 Å². The predicted octanol–water partition coefficient (Wildman–Crippen LogP) is 6.61. The third kappa shape index (κ3) is 6.52. The molecule has 0 amide bonds. The van der Waals surface area contributed by atoms with Crippen LogP contribution in [0.15, 0.2) is 83.3 Å². The molecule has 0 atom stereocenters. The number of ketones is 1. The van der Waals surface area contributed by atoms with Gasteiger partial charge in [0.15, 0.2) is 5.78 Å². The molecule has 0 fully saturated rings. The Balaban J connectivity index is 0.00000129. The first-order chi connectivity index (χ1) is 15.9. The number of rotatable bonds is 7. The van der Waals surface area contributed by atoms with E-state index in [9.17, 15) is 13.2 Å². The molecule has 1 N–H and O–H groups in total. The molecule has 176 valence electrons. The fraction of sp³-hybridized carbons (Fsp3) is 0.231. The zero-order chi connectivity index (χ0) is 25.0. The molecule has 0 aliphatic heterocycles. The number of hydrogen-bond acceptors (Lipinski definition) is 4. The molecule has 2 aromatic heterocycles. The molecule has 3 rings (SSSR count). The number of anilines is 1. The van der Waals surface area contributed by atoms with Crippen LogP contribution in [0.3, 0.4) is 0 Å². The van der Waals surface area contributed by atoms with Crippen molar-refractivity contribution in [3.8, 4) is 0 Å². The number of aromatic nitrogens is 1. The van der Waals surface area contributed by atoms with Crippen LogP contribution < -0.4 is 4.72 Å². The van der Waals surface area contributed by atoms with Crippen molar-refractivity contribution in [2.75, 3.05) is 4.72 Å². The highest BCUT2D eigenvalue weighted by Gasteiger charge is 2.24. The smallest absolute Gasteiger partial charge is 0.264 e. The second-order valence-electron chi connectivity index (χ2n) is 6.24. The average Bonchev–Trinajstić information content (AvgIpc) is 3.22. The van der Waals surface area contributed by atoms with E-state index >= 15 is 0 Å². The van der Waals surface area contributed by atoms with Crippen LogP contribution in [0.4, 0.5) is 5.69 Å². The molecular formula is C26H33N3O3S. The van der Waals surface area contributed by atoms with Crippen LogP contribution >= 0.6 is 0 Å². The summed E-state index contributed by atoms with van der Waals surface area (Å²) < 4.78 is 30.6. The quantitative estimate of drug-likeness (QED) is 0.241. The number of aliphatic imine (C=N–C) groups is 1. The molecule has 0 unspecified atom stereocenters. The fourth-order valence-electron chi connectivity index (χ4n) is 3.08. The van der Waals surface area contributed by atoms with Crippen LogP contribution in [0.1, 0.15) is 57.6 Å². The molecule has 0 aliphatic carbocycles. The van der Waals surface area contributed by atoms with Gasteiger partial charge in [-0.1, -0.05) is 58.5 Å². The summed E-state index contributed by atoms with van der Waals surface area (Å²) in [5, 5.41) is 0. The fourth-order valence-corrected chi connectivity index (χ4v) is 4.36. The molecule has 2 heterocycles. The van der Waals surface area contributed by atoms with Gasteiger partial charge in [-0.3, -0.25) is 14.5 Å². The number of pyridine rings is 1. The van der Waals surface area contributed by atoms with Crippen molar-refractivity contribution < 1.29 is 13.2 Å². The van der Waals surface area contributed by atoms with Gasteiger partial charge in [0.25, 0.3) is 10.0 Å². The number of Topliss-reactive ketones (excluding diaryl/α,β-unsaturated/α-hetero) is 1. The summed E-state index contributed by atoms with van der Waals surface area (Å²) in [7, 11) is -3.93. The van der Waals surface area contributed by atoms with Gasteiger partial charge in [0, 0.05) is 30.6 Å². The Bertz CT molecular complexity index is 1240. The molecule has 33 heavy (non-hydrogen) atoms. The Hall–Kier alpha value is -3.45. The molecule has 0 spiro atoms. The van der Waals surface area contributed by atoms with E-state index in [1.54, 1.807) is 78.4 Å². The normalized spacial score (nSPS) is 11.3. The number of fused-ring (bicyclic) bond motifs is 1. The molecule has 0 radical (unpaired) electrons. The number of carbonyl (C=O) groups excluding carboxylic acids is 1. The molecular weight excluding hydrogens is 434 g/mol. The Morgan fingerprint density at radius 2 is 1.70 bits per heavy atom. The van der Waals surface area contributed by atoms with E-state index in [0.29, 0.717) is 28.2 Å². The third-order valence-corrected chi connectivity index (χ3v) is 5.66.